The number of aliphatic hydroxyl groups excluding tert-OH is 1. The number of carbonyl (C=O) groups is 1. The van der Waals surface area contributed by atoms with E-state index in [-0.39, 0.29) is 12.5 Å². The van der Waals surface area contributed by atoms with Gasteiger partial charge >= 0.3 is 0 Å². The lowest BCUT2D eigenvalue weighted by atomic mass is 9.85. The molecule has 1 saturated heterocycles. The molecule has 2 heterocycles. The molecule has 24 heavy (non-hydrogen) atoms. The van der Waals surface area contributed by atoms with Gasteiger partial charge in [-0.15, -0.1) is 0 Å². The highest BCUT2D eigenvalue weighted by atomic mass is 16.3. The van der Waals surface area contributed by atoms with Crippen molar-refractivity contribution in [2.75, 3.05) is 32.8 Å². The van der Waals surface area contributed by atoms with Crippen LogP contribution < -0.4 is 5.32 Å². The Morgan fingerprint density at radius 3 is 2.92 bits per heavy atom. The van der Waals surface area contributed by atoms with Crippen molar-refractivity contribution in [3.8, 4) is 0 Å². The molecule has 2 aliphatic rings. The molecule has 0 radical (unpaired) electrons. The van der Waals surface area contributed by atoms with Crippen LogP contribution in [0.1, 0.15) is 66.9 Å². The first kappa shape index (κ1) is 17.4. The maximum atomic E-state index is 12.5. The number of likely N-dealkylation sites (tertiary alicyclic amines) is 1. The second-order valence-electron chi connectivity index (χ2n) is 7.28. The van der Waals surface area contributed by atoms with Crippen LogP contribution >= 0.6 is 0 Å². The Hall–Kier alpha value is -1.40. The Morgan fingerprint density at radius 2 is 2.12 bits per heavy atom. The van der Waals surface area contributed by atoms with Gasteiger partial charge in [-0.1, -0.05) is 19.3 Å². The van der Waals surface area contributed by atoms with Crippen LogP contribution in [0.2, 0.25) is 0 Å². The van der Waals surface area contributed by atoms with E-state index < -0.39 is 0 Å². The van der Waals surface area contributed by atoms with Crippen LogP contribution in [0.5, 0.6) is 0 Å². The number of nitrogens with zero attached hydrogens (tertiary/aromatic N) is 2. The summed E-state index contributed by atoms with van der Waals surface area (Å²) in [4.78, 5) is 14.8. The highest BCUT2D eigenvalue weighted by molar-refractivity contribution is 5.95. The average Bonchev–Trinajstić information content (AvgIpc) is 3.12. The summed E-state index contributed by atoms with van der Waals surface area (Å²) < 4.78 is 0. The lowest BCUT2D eigenvalue weighted by molar-refractivity contribution is 0.0929. The van der Waals surface area contributed by atoms with Gasteiger partial charge in [-0.25, -0.2) is 0 Å². The lowest BCUT2D eigenvalue weighted by Crippen LogP contribution is -2.41. The van der Waals surface area contributed by atoms with Crippen molar-refractivity contribution in [2.24, 2.45) is 5.92 Å². The molecule has 0 aromatic carbocycles. The van der Waals surface area contributed by atoms with Crippen LogP contribution in [0.15, 0.2) is 6.20 Å². The summed E-state index contributed by atoms with van der Waals surface area (Å²) in [7, 11) is 0. The molecule has 0 bridgehead atoms. The summed E-state index contributed by atoms with van der Waals surface area (Å²) in [5.74, 6) is 0.829. The van der Waals surface area contributed by atoms with Crippen molar-refractivity contribution in [3.63, 3.8) is 0 Å². The Bertz CT molecular complexity index is 525. The summed E-state index contributed by atoms with van der Waals surface area (Å²) in [6.45, 7) is 3.75. The second-order valence-corrected chi connectivity index (χ2v) is 7.28. The van der Waals surface area contributed by atoms with Crippen LogP contribution in [-0.2, 0) is 0 Å². The molecule has 1 atom stereocenters. The molecule has 1 saturated carbocycles. The first-order chi connectivity index (χ1) is 11.8. The first-order valence-electron chi connectivity index (χ1n) is 9.42. The topological polar surface area (TPSA) is 81.2 Å². The van der Waals surface area contributed by atoms with Gasteiger partial charge in [-0.3, -0.25) is 9.89 Å². The number of hydrogen-bond acceptors (Lipinski definition) is 4. The number of aromatic nitrogens is 2. The number of carbonyl (C=O) groups excluding carboxylic acids is 1. The first-order valence-corrected chi connectivity index (χ1v) is 9.42. The maximum Gasteiger partial charge on any atom is 0.254 e. The summed E-state index contributed by atoms with van der Waals surface area (Å²) in [6, 6.07) is 0. The van der Waals surface area contributed by atoms with Crippen LogP contribution in [0, 0.1) is 5.92 Å². The lowest BCUT2D eigenvalue weighted by Gasteiger charge is -2.31. The number of piperidine rings is 1. The molecule has 6 heteroatoms. The average molecular weight is 334 g/mol. The molecule has 1 aliphatic carbocycles. The Labute approximate surface area is 144 Å². The number of hydrogen-bond donors (Lipinski definition) is 3. The molecule has 1 aliphatic heterocycles. The number of rotatable bonds is 6. The minimum Gasteiger partial charge on any atom is -0.396 e. The van der Waals surface area contributed by atoms with Gasteiger partial charge in [0.2, 0.25) is 0 Å². The smallest absolute Gasteiger partial charge is 0.254 e. The molecule has 0 spiro atoms. The van der Waals surface area contributed by atoms with E-state index in [4.69, 9.17) is 0 Å². The molecule has 1 aromatic heterocycles. The van der Waals surface area contributed by atoms with Gasteiger partial charge in [0, 0.05) is 32.2 Å². The van der Waals surface area contributed by atoms with Gasteiger partial charge in [-0.2, -0.15) is 5.10 Å². The van der Waals surface area contributed by atoms with Crippen molar-refractivity contribution in [3.05, 3.63) is 17.5 Å². The van der Waals surface area contributed by atoms with E-state index >= 15 is 0 Å². The number of amides is 1. The fraction of sp³-hybridized carbons (Fsp3) is 0.778. The monoisotopic (exact) mass is 334 g/mol. The summed E-state index contributed by atoms with van der Waals surface area (Å²) in [6.07, 6.45) is 10.00. The predicted octanol–water partition coefficient (Wildman–Crippen LogP) is 1.89. The molecule has 1 amide bonds. The van der Waals surface area contributed by atoms with Crippen LogP contribution in [0.3, 0.4) is 0 Å². The molecule has 134 valence electrons. The SMILES string of the molecule is O=C(NCCN1CCC[C@H](CO)C1)c1cn[nH]c1C1CCCCC1. The summed E-state index contributed by atoms with van der Waals surface area (Å²) >= 11 is 0. The molecular formula is C18H30N4O2. The molecular weight excluding hydrogens is 304 g/mol. The molecule has 3 N–H and O–H groups in total. The zero-order valence-corrected chi connectivity index (χ0v) is 14.5. The predicted molar refractivity (Wildman–Crippen MR) is 93.0 cm³/mol. The number of H-pyrrole nitrogens is 1. The molecule has 0 unspecified atom stereocenters. The van der Waals surface area contributed by atoms with Crippen molar-refractivity contribution >= 4 is 5.91 Å². The normalized spacial score (nSPS) is 23.3. The second kappa shape index (κ2) is 8.62. The zero-order chi connectivity index (χ0) is 16.8. The fourth-order valence-corrected chi connectivity index (χ4v) is 4.11. The van der Waals surface area contributed by atoms with Gasteiger partial charge in [0.1, 0.15) is 0 Å². The van der Waals surface area contributed by atoms with E-state index in [0.29, 0.717) is 23.9 Å². The van der Waals surface area contributed by atoms with Gasteiger partial charge in [0.25, 0.3) is 5.91 Å². The third-order valence-corrected chi connectivity index (χ3v) is 5.50. The Kier molecular flexibility index (Phi) is 6.26. The van der Waals surface area contributed by atoms with Crippen molar-refractivity contribution < 1.29 is 9.90 Å². The highest BCUT2D eigenvalue weighted by Gasteiger charge is 2.24. The molecule has 1 aromatic rings. The van der Waals surface area contributed by atoms with Crippen LogP contribution in [0.25, 0.3) is 0 Å². The van der Waals surface area contributed by atoms with E-state index in [1.807, 2.05) is 0 Å². The fourth-order valence-electron chi connectivity index (χ4n) is 4.11. The molecule has 3 rings (SSSR count). The van der Waals surface area contributed by atoms with Crippen molar-refractivity contribution in [1.29, 1.82) is 0 Å². The van der Waals surface area contributed by atoms with E-state index in [2.05, 4.69) is 20.4 Å². The van der Waals surface area contributed by atoms with E-state index in [1.54, 1.807) is 6.20 Å². The third kappa shape index (κ3) is 4.36. The zero-order valence-electron chi connectivity index (χ0n) is 14.5. The van der Waals surface area contributed by atoms with Gasteiger partial charge < -0.3 is 15.3 Å². The van der Waals surface area contributed by atoms with E-state index in [0.717, 1.165) is 51.0 Å². The van der Waals surface area contributed by atoms with E-state index in [9.17, 15) is 9.90 Å². The van der Waals surface area contributed by atoms with Crippen molar-refractivity contribution in [1.82, 2.24) is 20.4 Å². The summed E-state index contributed by atoms with van der Waals surface area (Å²) in [5.41, 5.74) is 1.74. The quantitative estimate of drug-likeness (QED) is 0.742. The number of nitrogens with one attached hydrogen (secondary N) is 2. The minimum atomic E-state index is -0.0139. The minimum absolute atomic E-state index is 0.0139. The third-order valence-electron chi connectivity index (χ3n) is 5.50. The number of aliphatic hydroxyl groups is 1. The van der Waals surface area contributed by atoms with E-state index in [1.165, 1.54) is 19.3 Å². The van der Waals surface area contributed by atoms with Crippen LogP contribution in [-0.4, -0.2) is 58.9 Å². The molecule has 2 fully saturated rings. The van der Waals surface area contributed by atoms with Gasteiger partial charge in [0.15, 0.2) is 0 Å². The standard InChI is InChI=1S/C18H30N4O2/c23-13-14-5-4-9-22(12-14)10-8-19-18(24)16-11-20-21-17(16)15-6-2-1-3-7-15/h11,14-15,23H,1-10,12-13H2,(H,19,24)(H,20,21)/t14-/m0/s1. The van der Waals surface area contributed by atoms with Crippen LogP contribution in [0.4, 0.5) is 0 Å². The molecule has 6 nitrogen and oxygen atoms in total. The summed E-state index contributed by atoms with van der Waals surface area (Å²) in [5, 5.41) is 19.5. The Morgan fingerprint density at radius 1 is 1.29 bits per heavy atom. The van der Waals surface area contributed by atoms with Crippen molar-refractivity contribution in [2.45, 2.75) is 50.9 Å². The Balaban J connectivity index is 1.48. The number of aromatic amines is 1. The maximum absolute atomic E-state index is 12.5. The van der Waals surface area contributed by atoms with Gasteiger partial charge in [-0.05, 0) is 38.1 Å². The highest BCUT2D eigenvalue weighted by Crippen LogP contribution is 2.33. The van der Waals surface area contributed by atoms with Gasteiger partial charge in [0.05, 0.1) is 17.5 Å². The largest absolute Gasteiger partial charge is 0.396 e.